The quantitative estimate of drug-likeness (QED) is 0.522. The van der Waals surface area contributed by atoms with Crippen molar-refractivity contribution in [2.24, 2.45) is 5.92 Å². The van der Waals surface area contributed by atoms with Gasteiger partial charge in [-0.1, -0.05) is 0 Å². The van der Waals surface area contributed by atoms with E-state index >= 15 is 0 Å². The monoisotopic (exact) mass is 547 g/mol. The molecule has 1 fully saturated rings. The molecule has 3 rings (SSSR count). The van der Waals surface area contributed by atoms with Crippen LogP contribution in [0.1, 0.15) is 17.3 Å². The minimum Gasteiger partial charge on any atom is -0.395 e. The fraction of sp³-hybridized carbons (Fsp3) is 0.333. The number of carbonyl (C=O) groups is 2. The molecule has 1 saturated heterocycles. The maximum absolute atomic E-state index is 14.5. The molecule has 0 radical (unpaired) electrons. The van der Waals surface area contributed by atoms with Gasteiger partial charge in [0, 0.05) is 29.7 Å². The number of likely N-dealkylation sites (N-methyl/N-ethyl adjacent to an activating group) is 1. The van der Waals surface area contributed by atoms with E-state index in [1.807, 2.05) is 22.6 Å². The summed E-state index contributed by atoms with van der Waals surface area (Å²) in [5.41, 5.74) is -0.723. The van der Waals surface area contributed by atoms with Crippen LogP contribution in [0.25, 0.3) is 0 Å². The number of halogens is 4. The molecular formula is C21H21F3IN3O3. The number of hydrogen-bond acceptors (Lipinski definition) is 4. The van der Waals surface area contributed by atoms with Crippen LogP contribution in [-0.4, -0.2) is 59.5 Å². The Hall–Kier alpha value is -2.34. The highest BCUT2D eigenvalue weighted by Crippen LogP contribution is 2.31. The van der Waals surface area contributed by atoms with Crippen molar-refractivity contribution in [3.8, 4) is 0 Å². The minimum atomic E-state index is -1.29. The van der Waals surface area contributed by atoms with Crippen LogP contribution in [0, 0.1) is 26.9 Å². The molecule has 6 nitrogen and oxygen atoms in total. The molecule has 0 saturated carbocycles. The van der Waals surface area contributed by atoms with Crippen molar-refractivity contribution in [1.29, 1.82) is 0 Å². The third-order valence-electron chi connectivity index (χ3n) is 5.10. The number of nitrogens with zero attached hydrogens (tertiary/aromatic N) is 2. The molecule has 0 atom stereocenters. The Balaban J connectivity index is 1.79. The number of benzene rings is 2. The molecule has 2 amide bonds. The van der Waals surface area contributed by atoms with Gasteiger partial charge < -0.3 is 20.2 Å². The zero-order valence-electron chi connectivity index (χ0n) is 16.7. The zero-order valence-corrected chi connectivity index (χ0v) is 18.8. The van der Waals surface area contributed by atoms with E-state index in [9.17, 15) is 22.8 Å². The van der Waals surface area contributed by atoms with Gasteiger partial charge in [0.2, 0.25) is 5.91 Å². The van der Waals surface area contributed by atoms with Crippen LogP contribution in [0.15, 0.2) is 30.3 Å². The largest absolute Gasteiger partial charge is 0.395 e. The molecule has 0 spiro atoms. The van der Waals surface area contributed by atoms with Crippen LogP contribution in [0.5, 0.6) is 0 Å². The van der Waals surface area contributed by atoms with Gasteiger partial charge >= 0.3 is 0 Å². The first kappa shape index (κ1) is 23.3. The third kappa shape index (κ3) is 4.95. The van der Waals surface area contributed by atoms with Crippen molar-refractivity contribution in [2.45, 2.75) is 6.92 Å². The van der Waals surface area contributed by atoms with Crippen LogP contribution < -0.4 is 5.32 Å². The van der Waals surface area contributed by atoms with Crippen molar-refractivity contribution in [3.63, 3.8) is 0 Å². The predicted octanol–water partition coefficient (Wildman–Crippen LogP) is 3.36. The van der Waals surface area contributed by atoms with Crippen molar-refractivity contribution in [1.82, 2.24) is 9.80 Å². The summed E-state index contributed by atoms with van der Waals surface area (Å²) in [6, 6.07) is 6.14. The van der Waals surface area contributed by atoms with E-state index in [0.29, 0.717) is 10.1 Å². The first-order valence-electron chi connectivity index (χ1n) is 9.65. The molecule has 10 heteroatoms. The van der Waals surface area contributed by atoms with Crippen molar-refractivity contribution in [2.75, 3.05) is 38.1 Å². The molecule has 1 aliphatic rings. The Morgan fingerprint density at radius 2 is 1.90 bits per heavy atom. The van der Waals surface area contributed by atoms with Gasteiger partial charge in [-0.25, -0.2) is 13.2 Å². The van der Waals surface area contributed by atoms with Crippen molar-refractivity contribution in [3.05, 3.63) is 56.9 Å². The number of aliphatic hydroxyl groups is 1. The second kappa shape index (κ2) is 9.86. The normalized spacial score (nSPS) is 13.7. The second-order valence-corrected chi connectivity index (χ2v) is 8.33. The molecule has 2 aromatic carbocycles. The van der Waals surface area contributed by atoms with E-state index in [1.54, 1.807) is 13.0 Å². The summed E-state index contributed by atoms with van der Waals surface area (Å²) in [7, 11) is 0. The average Bonchev–Trinajstić information content (AvgIpc) is 2.70. The minimum absolute atomic E-state index is 0.0989. The first-order chi connectivity index (χ1) is 14.8. The van der Waals surface area contributed by atoms with E-state index in [0.717, 1.165) is 12.1 Å². The van der Waals surface area contributed by atoms with Crippen LogP contribution >= 0.6 is 22.6 Å². The Morgan fingerprint density at radius 3 is 2.52 bits per heavy atom. The number of nitrogens with one attached hydrogen (secondary N) is 1. The average molecular weight is 547 g/mol. The first-order valence-corrected chi connectivity index (χ1v) is 10.7. The summed E-state index contributed by atoms with van der Waals surface area (Å²) < 4.78 is 43.2. The molecule has 2 N–H and O–H groups in total. The summed E-state index contributed by atoms with van der Waals surface area (Å²) in [6.07, 6.45) is 0. The highest BCUT2D eigenvalue weighted by Gasteiger charge is 2.38. The number of anilines is 2. The van der Waals surface area contributed by atoms with E-state index in [2.05, 4.69) is 5.32 Å². The van der Waals surface area contributed by atoms with Crippen LogP contribution in [0.3, 0.4) is 0 Å². The lowest BCUT2D eigenvalue weighted by atomic mass is 9.96. The number of hydrogen-bond donors (Lipinski definition) is 2. The SMILES string of the molecule is CCN(CCO)C(=O)C1CN(C(=O)c2ccc(F)c(F)c2Nc2ccc(I)cc2F)C1. The topological polar surface area (TPSA) is 72.9 Å². The number of aliphatic hydroxyl groups excluding tert-OH is 1. The lowest BCUT2D eigenvalue weighted by Crippen LogP contribution is -2.56. The Labute approximate surface area is 191 Å². The lowest BCUT2D eigenvalue weighted by molar-refractivity contribution is -0.140. The zero-order chi connectivity index (χ0) is 22.7. The molecule has 1 aliphatic heterocycles. The van der Waals surface area contributed by atoms with Crippen molar-refractivity contribution < 1.29 is 27.9 Å². The molecule has 0 aliphatic carbocycles. The maximum Gasteiger partial charge on any atom is 0.256 e. The predicted molar refractivity (Wildman–Crippen MR) is 117 cm³/mol. The third-order valence-corrected chi connectivity index (χ3v) is 5.77. The Bertz CT molecular complexity index is 999. The van der Waals surface area contributed by atoms with Gasteiger partial charge in [0.05, 0.1) is 29.5 Å². The van der Waals surface area contributed by atoms with Gasteiger partial charge in [-0.2, -0.15) is 0 Å². The molecule has 31 heavy (non-hydrogen) atoms. The van der Waals surface area contributed by atoms with Gasteiger partial charge in [0.15, 0.2) is 11.6 Å². The van der Waals surface area contributed by atoms with Crippen LogP contribution in [-0.2, 0) is 4.79 Å². The molecule has 166 valence electrons. The Kier molecular flexibility index (Phi) is 7.42. The molecule has 0 bridgehead atoms. The summed E-state index contributed by atoms with van der Waals surface area (Å²) in [4.78, 5) is 28.2. The van der Waals surface area contributed by atoms with E-state index in [1.165, 1.54) is 21.9 Å². The van der Waals surface area contributed by atoms with Crippen molar-refractivity contribution >= 4 is 45.8 Å². The van der Waals surface area contributed by atoms with Gasteiger partial charge in [0.25, 0.3) is 5.91 Å². The standard InChI is InChI=1S/C21H21F3IN3O3/c1-2-27(7-8-29)20(30)12-10-28(11-12)21(31)14-4-5-15(22)18(24)19(14)26-17-6-3-13(25)9-16(17)23/h3-6,9,12,26,29H,2,7-8,10-11H2,1H3. The van der Waals surface area contributed by atoms with E-state index < -0.39 is 35.0 Å². The fourth-order valence-electron chi connectivity index (χ4n) is 3.35. The summed E-state index contributed by atoms with van der Waals surface area (Å²) >= 11 is 1.92. The Morgan fingerprint density at radius 1 is 1.19 bits per heavy atom. The van der Waals surface area contributed by atoms with Gasteiger partial charge in [0.1, 0.15) is 5.82 Å². The smallest absolute Gasteiger partial charge is 0.256 e. The number of amides is 2. The molecular weight excluding hydrogens is 526 g/mol. The van der Waals surface area contributed by atoms with Gasteiger partial charge in [-0.15, -0.1) is 0 Å². The van der Waals surface area contributed by atoms with Gasteiger partial charge in [-0.3, -0.25) is 9.59 Å². The highest BCUT2D eigenvalue weighted by atomic mass is 127. The molecule has 0 aromatic heterocycles. The lowest BCUT2D eigenvalue weighted by Gasteiger charge is -2.40. The number of rotatable bonds is 7. The van der Waals surface area contributed by atoms with E-state index in [-0.39, 0.29) is 43.4 Å². The maximum atomic E-state index is 14.5. The molecule has 2 aromatic rings. The summed E-state index contributed by atoms with van der Waals surface area (Å²) in [5.74, 6) is -4.34. The summed E-state index contributed by atoms with van der Waals surface area (Å²) in [6.45, 7) is 2.51. The second-order valence-electron chi connectivity index (χ2n) is 7.08. The highest BCUT2D eigenvalue weighted by molar-refractivity contribution is 14.1. The number of likely N-dealkylation sites (tertiary alicyclic amines) is 1. The van der Waals surface area contributed by atoms with Gasteiger partial charge in [-0.05, 0) is 59.8 Å². The van der Waals surface area contributed by atoms with Crippen LogP contribution in [0.4, 0.5) is 24.5 Å². The number of carbonyl (C=O) groups excluding carboxylic acids is 2. The summed E-state index contributed by atoms with van der Waals surface area (Å²) in [5, 5.41) is 11.5. The molecule has 0 unspecified atom stereocenters. The van der Waals surface area contributed by atoms with E-state index in [4.69, 9.17) is 5.11 Å². The fourth-order valence-corrected chi connectivity index (χ4v) is 3.80. The van der Waals surface area contributed by atoms with Crippen LogP contribution in [0.2, 0.25) is 0 Å². The molecule has 1 heterocycles.